The fraction of sp³-hybridized carbons (Fsp3) is 0.200. The third kappa shape index (κ3) is 5.11. The number of aromatic nitrogens is 1. The fourth-order valence-electron chi connectivity index (χ4n) is 3.84. The third-order valence-corrected chi connectivity index (χ3v) is 6.36. The molecule has 2 aromatic carbocycles. The largest absolute Gasteiger partial charge is 0.502 e. The molecule has 4 aromatic rings. The summed E-state index contributed by atoms with van der Waals surface area (Å²) in [4.78, 5) is 14.5. The smallest absolute Gasteiger partial charge is 0.343 e. The Kier molecular flexibility index (Phi) is 6.41. The van der Waals surface area contributed by atoms with Gasteiger partial charge in [0.15, 0.2) is 11.9 Å². The van der Waals surface area contributed by atoms with Crippen LogP contribution >= 0.6 is 0 Å². The molecule has 0 saturated carbocycles. The van der Waals surface area contributed by atoms with Crippen molar-refractivity contribution < 1.29 is 27.1 Å². The van der Waals surface area contributed by atoms with E-state index in [1.807, 2.05) is 49.3 Å². The minimum Gasteiger partial charge on any atom is -0.502 e. The molecule has 4 rings (SSSR count). The van der Waals surface area contributed by atoms with Gasteiger partial charge in [0.05, 0.1) is 16.7 Å². The highest BCUT2D eigenvalue weighted by Gasteiger charge is 2.17. The number of phenolic OH excluding ortho intramolecular Hbond substituents is 1. The van der Waals surface area contributed by atoms with Crippen molar-refractivity contribution in [3.8, 4) is 5.75 Å². The van der Waals surface area contributed by atoms with Gasteiger partial charge in [0.2, 0.25) is 0 Å². The average molecular weight is 482 g/mol. The van der Waals surface area contributed by atoms with Crippen molar-refractivity contribution in [1.29, 1.82) is 0 Å². The molecule has 0 aliphatic rings. The summed E-state index contributed by atoms with van der Waals surface area (Å²) in [5.74, 6) is -0.327. The van der Waals surface area contributed by atoms with Gasteiger partial charge in [0.25, 0.3) is 15.6 Å². The number of rotatable bonds is 7. The monoisotopic (exact) mass is 481 g/mol. The van der Waals surface area contributed by atoms with Crippen molar-refractivity contribution in [2.24, 2.45) is 0 Å². The van der Waals surface area contributed by atoms with Crippen LogP contribution in [0.2, 0.25) is 0 Å². The van der Waals surface area contributed by atoms with Crippen molar-refractivity contribution >= 4 is 49.8 Å². The Labute approximate surface area is 196 Å². The van der Waals surface area contributed by atoms with Crippen molar-refractivity contribution in [2.75, 3.05) is 24.7 Å². The lowest BCUT2D eigenvalue weighted by atomic mass is 10.1. The second-order valence-corrected chi connectivity index (χ2v) is 9.79. The number of benzene rings is 2. The average Bonchev–Trinajstić information content (AvgIpc) is 2.77. The number of hydrogen-bond donors (Lipinski definition) is 2. The van der Waals surface area contributed by atoms with Gasteiger partial charge >= 0.3 is 5.63 Å². The number of aryl methyl sites for hydroxylation is 1. The Bertz CT molecular complexity index is 1570. The number of aromatic hydroxyl groups is 1. The quantitative estimate of drug-likeness (QED) is 0.236. The Morgan fingerprint density at radius 2 is 1.82 bits per heavy atom. The molecule has 0 amide bonds. The molecule has 0 aliphatic heterocycles. The van der Waals surface area contributed by atoms with E-state index in [2.05, 4.69) is 0 Å². The second kappa shape index (κ2) is 9.28. The highest BCUT2D eigenvalue weighted by Crippen LogP contribution is 2.26. The number of pyridine rings is 1. The molecule has 8 nitrogen and oxygen atoms in total. The zero-order valence-corrected chi connectivity index (χ0v) is 19.6. The molecule has 0 aliphatic carbocycles. The summed E-state index contributed by atoms with van der Waals surface area (Å²) in [5.41, 5.74) is 2.67. The van der Waals surface area contributed by atoms with E-state index in [-0.39, 0.29) is 17.9 Å². The zero-order chi connectivity index (χ0) is 24.5. The number of hydrogen-bond acceptors (Lipinski definition) is 6. The lowest BCUT2D eigenvalue weighted by Gasteiger charge is -2.12. The van der Waals surface area contributed by atoms with Crippen LogP contribution in [0, 0.1) is 0 Å². The number of anilines is 1. The molecular formula is C25H25N2O6S+. The fourth-order valence-corrected chi connectivity index (χ4v) is 4.33. The minimum atomic E-state index is -4.06. The van der Waals surface area contributed by atoms with Crippen LogP contribution in [0.4, 0.5) is 5.69 Å². The van der Waals surface area contributed by atoms with Crippen molar-refractivity contribution in [2.45, 2.75) is 13.0 Å². The molecule has 2 aromatic heterocycles. The molecule has 0 spiro atoms. The number of fused-ring (bicyclic) bond motifs is 2. The van der Waals surface area contributed by atoms with Crippen LogP contribution in [0.1, 0.15) is 17.5 Å². The normalized spacial score (nSPS) is 12.1. The SMILES string of the molecule is CN(C)c1ccc2cc(/C=C/c3cc[n+](CCCS(=O)(=O)O)c4c(O)cccc34)c(=O)oc2c1. The minimum absolute atomic E-state index is 0.0431. The predicted molar refractivity (Wildman–Crippen MR) is 133 cm³/mol. The molecule has 0 saturated heterocycles. The van der Waals surface area contributed by atoms with Crippen molar-refractivity contribution in [1.82, 2.24) is 0 Å². The second-order valence-electron chi connectivity index (χ2n) is 8.22. The molecular weight excluding hydrogens is 456 g/mol. The molecule has 9 heteroatoms. The molecule has 0 radical (unpaired) electrons. The van der Waals surface area contributed by atoms with Crippen LogP contribution in [0.3, 0.4) is 0 Å². The lowest BCUT2D eigenvalue weighted by molar-refractivity contribution is -0.671. The number of para-hydroxylation sites is 1. The summed E-state index contributed by atoms with van der Waals surface area (Å²) in [7, 11) is -0.233. The highest BCUT2D eigenvalue weighted by molar-refractivity contribution is 7.85. The van der Waals surface area contributed by atoms with Gasteiger partial charge in [-0.05, 0) is 42.0 Å². The molecule has 0 unspecified atom stereocenters. The summed E-state index contributed by atoms with van der Waals surface area (Å²) in [6.45, 7) is 0.293. The first-order valence-electron chi connectivity index (χ1n) is 10.6. The lowest BCUT2D eigenvalue weighted by Crippen LogP contribution is -2.35. The van der Waals surface area contributed by atoms with Gasteiger partial charge < -0.3 is 14.4 Å². The van der Waals surface area contributed by atoms with Crippen LogP contribution in [0.5, 0.6) is 5.75 Å². The Balaban J connectivity index is 1.70. The first-order valence-corrected chi connectivity index (χ1v) is 12.3. The predicted octanol–water partition coefficient (Wildman–Crippen LogP) is 3.45. The summed E-state index contributed by atoms with van der Waals surface area (Å²) >= 11 is 0. The van der Waals surface area contributed by atoms with Crippen LogP contribution in [0.25, 0.3) is 34.0 Å². The van der Waals surface area contributed by atoms with Gasteiger partial charge in [0, 0.05) is 43.7 Å². The van der Waals surface area contributed by atoms with Gasteiger partial charge in [-0.2, -0.15) is 13.0 Å². The molecule has 0 bridgehead atoms. The highest BCUT2D eigenvalue weighted by atomic mass is 32.2. The molecule has 2 N–H and O–H groups in total. The Morgan fingerprint density at radius 1 is 1.06 bits per heavy atom. The molecule has 176 valence electrons. The van der Waals surface area contributed by atoms with Crippen molar-refractivity contribution in [3.63, 3.8) is 0 Å². The maximum atomic E-state index is 12.6. The standard InChI is InChI=1S/C25H24N2O6S/c1-26(2)20-10-9-18-15-19(25(29)33-23(18)16-20)8-7-17-11-13-27(12-4-14-34(30,31)32)24-21(17)5-3-6-22(24)28/h3,5-11,13,15-16H,4,12,14H2,1-2H3,(H-,28,30,31,32)/p+1. The van der Waals surface area contributed by atoms with Gasteiger partial charge in [0.1, 0.15) is 12.1 Å². The first-order chi connectivity index (χ1) is 16.1. The Morgan fingerprint density at radius 3 is 2.56 bits per heavy atom. The van der Waals surface area contributed by atoms with Gasteiger partial charge in [-0.1, -0.05) is 12.1 Å². The van der Waals surface area contributed by atoms with E-state index in [1.54, 1.807) is 41.1 Å². The van der Waals surface area contributed by atoms with Crippen LogP contribution < -0.4 is 15.1 Å². The zero-order valence-electron chi connectivity index (χ0n) is 18.8. The number of phenols is 1. The van der Waals surface area contributed by atoms with Gasteiger partial charge in [-0.25, -0.2) is 4.79 Å². The maximum Gasteiger partial charge on any atom is 0.343 e. The maximum absolute atomic E-state index is 12.6. The first kappa shape index (κ1) is 23.5. The van der Waals surface area contributed by atoms with E-state index >= 15 is 0 Å². The Hall–Kier alpha value is -3.69. The molecule has 0 fully saturated rings. The topological polar surface area (TPSA) is 112 Å². The van der Waals surface area contributed by atoms with Crippen LogP contribution in [-0.4, -0.2) is 37.9 Å². The summed E-state index contributed by atoms with van der Waals surface area (Å²) in [5, 5.41) is 12.0. The van der Waals surface area contributed by atoms with Gasteiger partial charge in [-0.15, -0.1) is 0 Å². The summed E-state index contributed by atoms with van der Waals surface area (Å²) in [6, 6.07) is 14.4. The molecule has 0 atom stereocenters. The van der Waals surface area contributed by atoms with E-state index in [0.717, 1.165) is 22.0 Å². The summed E-state index contributed by atoms with van der Waals surface area (Å²) < 4.78 is 38.3. The van der Waals surface area contributed by atoms with E-state index < -0.39 is 15.7 Å². The summed E-state index contributed by atoms with van der Waals surface area (Å²) in [6.07, 6.45) is 5.37. The van der Waals surface area contributed by atoms with Crippen LogP contribution in [0.15, 0.2) is 63.9 Å². The van der Waals surface area contributed by atoms with E-state index in [9.17, 15) is 18.3 Å². The van der Waals surface area contributed by atoms with Crippen LogP contribution in [-0.2, 0) is 16.7 Å². The number of nitrogens with zero attached hydrogens (tertiary/aromatic N) is 2. The molecule has 2 heterocycles. The van der Waals surface area contributed by atoms with Gasteiger partial charge in [-0.3, -0.25) is 4.55 Å². The van der Waals surface area contributed by atoms with E-state index in [4.69, 9.17) is 8.97 Å². The van der Waals surface area contributed by atoms with E-state index in [1.165, 1.54) is 0 Å². The van der Waals surface area contributed by atoms with Crippen molar-refractivity contribution in [3.05, 3.63) is 76.3 Å². The molecule has 34 heavy (non-hydrogen) atoms. The third-order valence-electron chi connectivity index (χ3n) is 5.55. The van der Waals surface area contributed by atoms with E-state index in [0.29, 0.717) is 23.2 Å².